The van der Waals surface area contributed by atoms with Gasteiger partial charge < -0.3 is 45.8 Å². The maximum atomic E-state index is 13.3. The summed E-state index contributed by atoms with van der Waals surface area (Å²) in [7, 11) is 0. The number of fused-ring (bicyclic) bond motifs is 4. The number of unbranched alkanes of at least 4 members (excludes halogenated alkanes) is 6. The number of esters is 2. The average Bonchev–Trinajstić information content (AvgIpc) is 1.68. The van der Waals surface area contributed by atoms with E-state index in [9.17, 15) is 49.8 Å². The number of Topliss-reactive ketones (excluding diaryl/α,β-unsaturated/α-hetero) is 2. The fourth-order valence-corrected chi connectivity index (χ4v) is 17.9. The van der Waals surface area contributed by atoms with E-state index >= 15 is 0 Å². The third-order valence-corrected chi connectivity index (χ3v) is 24.1. The molecule has 0 spiro atoms. The molecule has 0 bridgehead atoms. The van der Waals surface area contributed by atoms with Crippen molar-refractivity contribution in [2.24, 2.45) is 29.4 Å². The van der Waals surface area contributed by atoms with Crippen molar-refractivity contribution in [2.75, 3.05) is 6.54 Å². The van der Waals surface area contributed by atoms with Gasteiger partial charge in [0, 0.05) is 92.9 Å². The number of nitrogens with two attached hydrogens (primary N) is 1. The topological polar surface area (TPSA) is 260 Å². The second kappa shape index (κ2) is 39.6. The Bertz CT molecular complexity index is 4060. The number of rotatable bonds is 36. The summed E-state index contributed by atoms with van der Waals surface area (Å²) in [5, 5.41) is 71.0. The van der Waals surface area contributed by atoms with Crippen LogP contribution in [-0.4, -0.2) is 95.1 Å². The van der Waals surface area contributed by atoms with E-state index in [1.807, 2.05) is 134 Å². The van der Waals surface area contributed by atoms with Crippen molar-refractivity contribution in [3.05, 3.63) is 226 Å². The lowest BCUT2D eigenvalue weighted by molar-refractivity contribution is -0.146. The number of ether oxygens (including phenoxy) is 2. The number of thiophene rings is 2. The zero-order chi connectivity index (χ0) is 72.9. The molecule has 12 atom stereocenters. The second-order valence-electron chi connectivity index (χ2n) is 28.8. The Balaban J connectivity index is 0.000000223. The van der Waals surface area contributed by atoms with E-state index in [1.54, 1.807) is 41.3 Å². The van der Waals surface area contributed by atoms with E-state index in [1.165, 1.54) is 0 Å². The highest BCUT2D eigenvalue weighted by molar-refractivity contribution is 7.19. The third kappa shape index (κ3) is 22.1. The number of nitrogens with zero attached hydrogens (tertiary/aromatic N) is 2. The molecule has 556 valence electrons. The number of hydrogen-bond donors (Lipinski definition) is 7. The Morgan fingerprint density at radius 1 is 0.457 bits per heavy atom. The summed E-state index contributed by atoms with van der Waals surface area (Å²) >= 11 is 3.22. The molecule has 2 aliphatic rings. The maximum Gasteiger partial charge on any atom is 0.306 e. The van der Waals surface area contributed by atoms with Gasteiger partial charge >= 0.3 is 11.9 Å². The number of carbonyl (C=O) groups excluding carboxylic acids is 4. The number of benzene rings is 6. The first-order valence-corrected chi connectivity index (χ1v) is 39.2. The number of aliphatic hydroxyl groups excluding tert-OH is 6. The Labute approximate surface area is 625 Å². The van der Waals surface area contributed by atoms with Crippen LogP contribution in [0.15, 0.2) is 183 Å². The smallest absolute Gasteiger partial charge is 0.306 e. The van der Waals surface area contributed by atoms with Crippen molar-refractivity contribution in [2.45, 2.75) is 211 Å². The van der Waals surface area contributed by atoms with E-state index in [0.717, 1.165) is 149 Å². The van der Waals surface area contributed by atoms with Gasteiger partial charge in [-0.2, -0.15) is 0 Å². The first kappa shape index (κ1) is 79.6. The molecule has 10 aromatic rings. The van der Waals surface area contributed by atoms with Crippen molar-refractivity contribution in [3.8, 4) is 0 Å². The molecule has 0 aliphatic heterocycles. The quantitative estimate of drug-likeness (QED) is 0.0142. The van der Waals surface area contributed by atoms with Gasteiger partial charge in [-0.3, -0.25) is 29.1 Å². The van der Waals surface area contributed by atoms with Gasteiger partial charge in [0.15, 0.2) is 0 Å². The van der Waals surface area contributed by atoms with Crippen molar-refractivity contribution >= 4 is 87.9 Å². The second-order valence-corrected chi connectivity index (χ2v) is 31.0. The van der Waals surface area contributed by atoms with Crippen LogP contribution in [0.25, 0.3) is 41.7 Å². The maximum absolute atomic E-state index is 13.3. The first-order chi connectivity index (χ1) is 50.6. The molecule has 2 aliphatic carbocycles. The molecular formula is C88H105N3O12S2. The fraction of sp³-hybridized carbons (Fsp3) is 0.432. The highest BCUT2D eigenvalue weighted by Gasteiger charge is 2.42. The van der Waals surface area contributed by atoms with Crippen LogP contribution in [0.2, 0.25) is 0 Å². The van der Waals surface area contributed by atoms with Crippen molar-refractivity contribution in [3.63, 3.8) is 0 Å². The fourth-order valence-electron chi connectivity index (χ4n) is 15.7. The summed E-state index contributed by atoms with van der Waals surface area (Å²) in [4.78, 5) is 61.6. The standard InChI is InChI=1S/C44H51NO6S.C43H50N2O6S.CH4/c1-2-35(39(47)24-30-15-18-34-27-45-22-21-32(34)23-30)31-16-13-29(14-17-31)28-51-44(50)12-6-4-3-5-10-36-37(41(49)26-40(36)48)19-20-38(46)43-25-33-9-7-8-11-42(33)52-43;44-25-36(38(47)22-29-13-16-33-26-45-20-19-31(33)21-29)30-14-11-28(12-15-30)27-51-43(50)10-4-2-1-3-8-34-35(40(49)24-39(34)48)17-18-37(46)42-23-32-7-5-6-9-41(32)52-42;/h7-9,11,13-18,21-23,25,27,35-38,40-41,46,48-49H,2-6,10,12,19-20,24,26,28H2,1H3;5-7,9,11-16,19-21,23,26,34-37,39-40,46,48-49H,1-4,8,10,17-18,22,24-25,27,44H2;1H4/t35?,36-,37-,38-,40+,41-;34-,35-,36?,37-,39+,40-;/m11./s1. The molecule has 15 nitrogen and oxygen atoms in total. The van der Waals surface area contributed by atoms with Crippen LogP contribution in [0.4, 0.5) is 0 Å². The van der Waals surface area contributed by atoms with Gasteiger partial charge in [0.05, 0.1) is 42.5 Å². The lowest BCUT2D eigenvalue weighted by Crippen LogP contribution is -2.23. The van der Waals surface area contributed by atoms with Crippen LogP contribution in [-0.2, 0) is 54.7 Å². The number of hydrogen-bond acceptors (Lipinski definition) is 17. The molecule has 8 N–H and O–H groups in total. The van der Waals surface area contributed by atoms with E-state index in [2.05, 4.69) is 46.4 Å². The monoisotopic (exact) mass is 1460 g/mol. The van der Waals surface area contributed by atoms with E-state index in [-0.39, 0.29) is 80.3 Å². The summed E-state index contributed by atoms with van der Waals surface area (Å²) < 4.78 is 13.4. The van der Waals surface area contributed by atoms with Crippen LogP contribution >= 0.6 is 22.7 Å². The molecule has 0 radical (unpaired) electrons. The normalized spacial score (nSPS) is 19.7. The van der Waals surface area contributed by atoms with Crippen LogP contribution in [0.5, 0.6) is 0 Å². The molecule has 0 saturated heterocycles. The Morgan fingerprint density at radius 3 is 1.27 bits per heavy atom. The molecule has 2 fully saturated rings. The van der Waals surface area contributed by atoms with Gasteiger partial charge in [-0.1, -0.05) is 174 Å². The molecular weight excluding hydrogens is 1360 g/mol. The van der Waals surface area contributed by atoms with Gasteiger partial charge in [-0.05, 0) is 186 Å². The SMILES string of the molecule is C.CCC(C(=O)Cc1ccc2cnccc2c1)c1ccc(COC(=O)CCCCCC[C@@H]2[C@@H](CC[C@@H](O)c3cc4ccccc4s3)[C@H](O)C[C@@H]2O)cc1.NCC(C(=O)Cc1ccc2cnccc2c1)c1ccc(COC(=O)CCCCCC[C@@H]2[C@@H](CC[C@@H](O)c3cc4ccccc4s3)[C@H](O)C[C@@H]2O)cc1. The van der Waals surface area contributed by atoms with Gasteiger partial charge in [0.1, 0.15) is 24.8 Å². The minimum absolute atomic E-state index is 0. The largest absolute Gasteiger partial charge is 0.461 e. The summed E-state index contributed by atoms with van der Waals surface area (Å²) in [5.41, 5.74) is 11.6. The number of aromatic nitrogens is 2. The minimum Gasteiger partial charge on any atom is -0.461 e. The molecule has 4 aromatic heterocycles. The Hall–Kier alpha value is -7.94. The summed E-state index contributed by atoms with van der Waals surface area (Å²) in [6.45, 7) is 2.63. The van der Waals surface area contributed by atoms with Gasteiger partial charge in [0.2, 0.25) is 0 Å². The molecule has 2 saturated carbocycles. The predicted octanol–water partition coefficient (Wildman–Crippen LogP) is 17.2. The van der Waals surface area contributed by atoms with Crippen LogP contribution in [0.3, 0.4) is 0 Å². The average molecular weight is 1460 g/mol. The van der Waals surface area contributed by atoms with Gasteiger partial charge in [-0.25, -0.2) is 0 Å². The molecule has 105 heavy (non-hydrogen) atoms. The Kier molecular flexibility index (Phi) is 30.0. The minimum atomic E-state index is -0.577. The number of pyridine rings is 2. The highest BCUT2D eigenvalue weighted by atomic mass is 32.1. The lowest BCUT2D eigenvalue weighted by atomic mass is 9.84. The van der Waals surface area contributed by atoms with E-state index in [4.69, 9.17) is 15.2 Å². The molecule has 2 unspecified atom stereocenters. The zero-order valence-corrected chi connectivity index (χ0v) is 61.3. The summed E-state index contributed by atoms with van der Waals surface area (Å²) in [6, 6.07) is 51.6. The van der Waals surface area contributed by atoms with Gasteiger partial charge in [0.25, 0.3) is 0 Å². The summed E-state index contributed by atoms with van der Waals surface area (Å²) in [5.74, 6) is -0.831. The molecule has 6 aromatic carbocycles. The lowest BCUT2D eigenvalue weighted by Gasteiger charge is -2.24. The van der Waals surface area contributed by atoms with Crippen molar-refractivity contribution < 1.29 is 59.3 Å². The Morgan fingerprint density at radius 2 is 0.848 bits per heavy atom. The van der Waals surface area contributed by atoms with Crippen LogP contribution in [0.1, 0.15) is 204 Å². The number of ketones is 2. The molecule has 17 heteroatoms. The predicted molar refractivity (Wildman–Crippen MR) is 420 cm³/mol. The highest BCUT2D eigenvalue weighted by Crippen LogP contribution is 2.43. The summed E-state index contributed by atoms with van der Waals surface area (Å²) in [6.07, 6.45) is 17.8. The number of aliphatic hydroxyl groups is 6. The van der Waals surface area contributed by atoms with Crippen molar-refractivity contribution in [1.29, 1.82) is 0 Å². The van der Waals surface area contributed by atoms with E-state index in [0.29, 0.717) is 70.6 Å². The van der Waals surface area contributed by atoms with Crippen LogP contribution in [0, 0.1) is 23.7 Å². The molecule has 12 rings (SSSR count). The number of carbonyl (C=O) groups is 4. The zero-order valence-electron chi connectivity index (χ0n) is 59.6. The van der Waals surface area contributed by atoms with Crippen LogP contribution < -0.4 is 5.73 Å². The first-order valence-electron chi connectivity index (χ1n) is 37.5. The van der Waals surface area contributed by atoms with E-state index < -0.39 is 42.5 Å². The molecule has 0 amide bonds. The molecule has 4 heterocycles. The third-order valence-electron chi connectivity index (χ3n) is 21.6. The van der Waals surface area contributed by atoms with Gasteiger partial charge in [-0.15, -0.1) is 22.7 Å². The van der Waals surface area contributed by atoms with Crippen molar-refractivity contribution in [1.82, 2.24) is 9.97 Å².